The maximum Gasteiger partial charge on any atom is 0.326 e. The number of aliphatic carboxylic acids is 1. The Labute approximate surface area is 266 Å². The van der Waals surface area contributed by atoms with Crippen molar-refractivity contribution in [3.05, 3.63) is 59.2 Å². The highest BCUT2D eigenvalue weighted by molar-refractivity contribution is 7.98. The van der Waals surface area contributed by atoms with Gasteiger partial charge in [-0.1, -0.05) is 49.6 Å². The summed E-state index contributed by atoms with van der Waals surface area (Å²) in [6, 6.07) is 12.6. The van der Waals surface area contributed by atoms with Gasteiger partial charge in [-0.15, -0.1) is 0 Å². The lowest BCUT2D eigenvalue weighted by atomic mass is 9.83. The van der Waals surface area contributed by atoms with E-state index in [1.165, 1.54) is 19.3 Å². The van der Waals surface area contributed by atoms with Gasteiger partial charge in [-0.05, 0) is 99.3 Å². The first-order valence-corrected chi connectivity index (χ1v) is 17.2. The lowest BCUT2D eigenvalue weighted by molar-refractivity contribution is -0.159. The van der Waals surface area contributed by atoms with Gasteiger partial charge in [0.1, 0.15) is 12.1 Å². The van der Waals surface area contributed by atoms with Crippen LogP contribution in [0, 0.1) is 12.8 Å². The van der Waals surface area contributed by atoms with Crippen LogP contribution >= 0.6 is 11.8 Å². The predicted octanol–water partition coefficient (Wildman–Crippen LogP) is 6.62. The normalized spacial score (nSPS) is 20.6. The average molecular weight is 628 g/mol. The Morgan fingerprint density at radius 1 is 1.09 bits per heavy atom. The molecule has 4 rings (SSSR count). The second-order valence-electron chi connectivity index (χ2n) is 12.5. The molecule has 2 fully saturated rings. The monoisotopic (exact) mass is 627 g/mol. The minimum absolute atomic E-state index is 0.0577. The number of carbonyl (C=O) groups is 2. The van der Waals surface area contributed by atoms with Crippen molar-refractivity contribution in [1.82, 2.24) is 5.32 Å². The van der Waals surface area contributed by atoms with Gasteiger partial charge in [0.2, 0.25) is 0 Å². The summed E-state index contributed by atoms with van der Waals surface area (Å²) in [5.41, 5.74) is 4.08. The van der Waals surface area contributed by atoms with Crippen LogP contribution in [0.5, 0.6) is 0 Å². The average Bonchev–Trinajstić information content (AvgIpc) is 3.36. The summed E-state index contributed by atoms with van der Waals surface area (Å²) in [7, 11) is 0. The molecule has 1 saturated carbocycles. The Morgan fingerprint density at radius 3 is 2.50 bits per heavy atom. The number of benzene rings is 2. The molecule has 1 heterocycles. The SMILES string of the molecule is CSCC[C@H](NC(=O)c1ccc(COC(C)C(OCC2COC(C)(C)O2)C2CCCCC2)cc1-c1ccccc1C)C(=O)O. The molecule has 1 aliphatic carbocycles. The largest absolute Gasteiger partial charge is 0.480 e. The van der Waals surface area contributed by atoms with Crippen molar-refractivity contribution >= 4 is 23.6 Å². The van der Waals surface area contributed by atoms with Crippen molar-refractivity contribution in [2.75, 3.05) is 25.2 Å². The molecule has 2 aromatic carbocycles. The summed E-state index contributed by atoms with van der Waals surface area (Å²) >= 11 is 1.55. The summed E-state index contributed by atoms with van der Waals surface area (Å²) in [4.78, 5) is 25.3. The number of rotatable bonds is 15. The van der Waals surface area contributed by atoms with Crippen molar-refractivity contribution in [3.63, 3.8) is 0 Å². The lowest BCUT2D eigenvalue weighted by Gasteiger charge is -2.34. The molecule has 1 aliphatic heterocycles. The second kappa shape index (κ2) is 16.2. The molecular weight excluding hydrogens is 578 g/mol. The number of carboxylic acids is 1. The van der Waals surface area contributed by atoms with Crippen LogP contribution in [0.15, 0.2) is 42.5 Å². The Hall–Kier alpha value is -2.43. The van der Waals surface area contributed by atoms with E-state index in [1.54, 1.807) is 17.8 Å². The van der Waals surface area contributed by atoms with Gasteiger partial charge < -0.3 is 29.4 Å². The quantitative estimate of drug-likeness (QED) is 0.227. The van der Waals surface area contributed by atoms with Gasteiger partial charge in [0.05, 0.1) is 32.0 Å². The third-order valence-corrected chi connectivity index (χ3v) is 9.25. The summed E-state index contributed by atoms with van der Waals surface area (Å²) in [5.74, 6) is -0.950. The van der Waals surface area contributed by atoms with Crippen LogP contribution in [-0.2, 0) is 30.3 Å². The van der Waals surface area contributed by atoms with Crippen LogP contribution in [0.25, 0.3) is 11.1 Å². The van der Waals surface area contributed by atoms with Crippen molar-refractivity contribution in [3.8, 4) is 11.1 Å². The summed E-state index contributed by atoms with van der Waals surface area (Å²) in [6.07, 6.45) is 7.90. The van der Waals surface area contributed by atoms with E-state index in [-0.39, 0.29) is 18.3 Å². The van der Waals surface area contributed by atoms with Crippen molar-refractivity contribution in [2.24, 2.45) is 5.92 Å². The molecule has 4 atom stereocenters. The molecule has 8 nitrogen and oxygen atoms in total. The van der Waals surface area contributed by atoms with Crippen molar-refractivity contribution < 1.29 is 33.6 Å². The summed E-state index contributed by atoms with van der Waals surface area (Å²) < 4.78 is 24.7. The minimum Gasteiger partial charge on any atom is -0.480 e. The molecule has 0 spiro atoms. The minimum atomic E-state index is -1.03. The molecule has 2 N–H and O–H groups in total. The molecule has 0 radical (unpaired) electrons. The van der Waals surface area contributed by atoms with E-state index in [0.29, 0.717) is 43.5 Å². The van der Waals surface area contributed by atoms with Gasteiger partial charge in [0.25, 0.3) is 5.91 Å². The highest BCUT2D eigenvalue weighted by Gasteiger charge is 2.35. The number of nitrogens with one attached hydrogen (secondary N) is 1. The van der Waals surface area contributed by atoms with E-state index in [2.05, 4.69) is 12.2 Å². The van der Waals surface area contributed by atoms with Crippen LogP contribution in [0.2, 0.25) is 0 Å². The highest BCUT2D eigenvalue weighted by Crippen LogP contribution is 2.33. The number of aryl methyl sites for hydroxylation is 1. The van der Waals surface area contributed by atoms with Gasteiger partial charge in [0.15, 0.2) is 5.79 Å². The second-order valence-corrected chi connectivity index (χ2v) is 13.5. The van der Waals surface area contributed by atoms with E-state index < -0.39 is 23.7 Å². The van der Waals surface area contributed by atoms with Gasteiger partial charge in [-0.25, -0.2) is 4.79 Å². The van der Waals surface area contributed by atoms with Gasteiger partial charge >= 0.3 is 5.97 Å². The predicted molar refractivity (Wildman–Crippen MR) is 174 cm³/mol. The molecule has 44 heavy (non-hydrogen) atoms. The Morgan fingerprint density at radius 2 is 1.84 bits per heavy atom. The van der Waals surface area contributed by atoms with E-state index >= 15 is 0 Å². The van der Waals surface area contributed by atoms with E-state index in [4.69, 9.17) is 18.9 Å². The van der Waals surface area contributed by atoms with Crippen molar-refractivity contribution in [1.29, 1.82) is 0 Å². The van der Waals surface area contributed by atoms with E-state index in [9.17, 15) is 14.7 Å². The van der Waals surface area contributed by atoms with Crippen LogP contribution in [0.4, 0.5) is 0 Å². The molecule has 2 aromatic rings. The Bertz CT molecular complexity index is 1250. The number of hydrogen-bond acceptors (Lipinski definition) is 7. The fourth-order valence-corrected chi connectivity index (χ4v) is 6.68. The molecule has 242 valence electrons. The zero-order valence-electron chi connectivity index (χ0n) is 26.8. The molecule has 3 unspecified atom stereocenters. The highest BCUT2D eigenvalue weighted by atomic mass is 32.2. The summed E-state index contributed by atoms with van der Waals surface area (Å²) in [5, 5.41) is 12.4. The van der Waals surface area contributed by atoms with Gasteiger partial charge in [-0.2, -0.15) is 11.8 Å². The number of carboxylic acid groups (broad SMARTS) is 1. The van der Waals surface area contributed by atoms with Gasteiger partial charge in [0, 0.05) is 5.56 Å². The maximum atomic E-state index is 13.4. The number of ether oxygens (including phenoxy) is 4. The Balaban J connectivity index is 1.51. The summed E-state index contributed by atoms with van der Waals surface area (Å²) in [6.45, 7) is 9.28. The molecule has 0 aromatic heterocycles. The van der Waals surface area contributed by atoms with E-state index in [0.717, 1.165) is 35.1 Å². The first-order chi connectivity index (χ1) is 21.1. The zero-order chi connectivity index (χ0) is 31.7. The molecular formula is C35H49NO7S. The third-order valence-electron chi connectivity index (χ3n) is 8.61. The molecule has 0 bridgehead atoms. The van der Waals surface area contributed by atoms with Crippen LogP contribution < -0.4 is 5.32 Å². The van der Waals surface area contributed by atoms with Crippen LogP contribution in [0.1, 0.15) is 80.8 Å². The number of carbonyl (C=O) groups excluding carboxylic acids is 1. The first-order valence-electron chi connectivity index (χ1n) is 15.8. The topological polar surface area (TPSA) is 103 Å². The van der Waals surface area contributed by atoms with Crippen LogP contribution in [-0.4, -0.2) is 72.3 Å². The molecule has 1 amide bonds. The fraction of sp³-hybridized carbons (Fsp3) is 0.600. The Kier molecular flexibility index (Phi) is 12.7. The smallest absolute Gasteiger partial charge is 0.326 e. The van der Waals surface area contributed by atoms with Crippen molar-refractivity contribution in [2.45, 2.75) is 103 Å². The maximum absolute atomic E-state index is 13.4. The fourth-order valence-electron chi connectivity index (χ4n) is 6.21. The first kappa shape index (κ1) is 34.4. The number of hydrogen-bond donors (Lipinski definition) is 2. The van der Waals surface area contributed by atoms with Gasteiger partial charge in [-0.3, -0.25) is 4.79 Å². The lowest BCUT2D eigenvalue weighted by Crippen LogP contribution is -2.41. The molecule has 9 heteroatoms. The standard InChI is InChI=1S/C35H49NO7S/c1-23-11-9-10-14-28(23)30-19-25(15-16-29(30)33(37)36-31(34(38)39)17-18-44-5)20-40-24(2)32(26-12-7-6-8-13-26)41-21-27-22-42-35(3,4)43-27/h9-11,14-16,19,24,26-27,31-32H,6-8,12-13,17-18,20-22H2,1-5H3,(H,36,37)(H,38,39)/t24?,27?,31-,32?/m0/s1. The zero-order valence-corrected chi connectivity index (χ0v) is 27.6. The number of amides is 1. The van der Waals surface area contributed by atoms with E-state index in [1.807, 2.05) is 63.4 Å². The number of thioether (sulfide) groups is 1. The van der Waals surface area contributed by atoms with Crippen LogP contribution in [0.3, 0.4) is 0 Å². The molecule has 1 saturated heterocycles. The molecule has 2 aliphatic rings. The third kappa shape index (κ3) is 9.54.